The summed E-state index contributed by atoms with van der Waals surface area (Å²) < 4.78 is 49.3. The molecule has 0 aliphatic heterocycles. The third kappa shape index (κ3) is 5.38. The fourth-order valence-corrected chi connectivity index (χ4v) is 2.13. The molecule has 2 N–H and O–H groups in total. The molecule has 2 aromatic carbocycles. The fraction of sp³-hybridized carbons (Fsp3) is 0.278. The lowest BCUT2D eigenvalue weighted by atomic mass is 10.2. The van der Waals surface area contributed by atoms with Gasteiger partial charge in [-0.1, -0.05) is 24.3 Å². The second kappa shape index (κ2) is 8.57. The molecule has 140 valence electrons. The lowest BCUT2D eigenvalue weighted by molar-refractivity contribution is -0.137. The van der Waals surface area contributed by atoms with Gasteiger partial charge in [0, 0.05) is 0 Å². The summed E-state index contributed by atoms with van der Waals surface area (Å²) in [5, 5.41) is 0. The fourth-order valence-electron chi connectivity index (χ4n) is 2.13. The molecule has 0 saturated carbocycles. The lowest BCUT2D eigenvalue weighted by Gasteiger charge is -2.17. The Kier molecular flexibility index (Phi) is 6.46. The van der Waals surface area contributed by atoms with Crippen LogP contribution >= 0.6 is 0 Å². The Labute approximate surface area is 149 Å². The smallest absolute Gasteiger partial charge is 0.418 e. The summed E-state index contributed by atoms with van der Waals surface area (Å²) in [6.45, 7) is 1.66. The standard InChI is InChI=1S/C18H19F3N2O3/c1-12(26-11-13-6-5-7-14(10-13)25-2)17(24)23-22-16-9-4-3-8-15(16)18(19,20)21/h3-10,12,22H,11H2,1-2H3,(H,23,24)/t12-/m0/s1. The Morgan fingerprint density at radius 2 is 1.88 bits per heavy atom. The van der Waals surface area contributed by atoms with Crippen LogP contribution in [0.3, 0.4) is 0 Å². The molecule has 0 aliphatic rings. The van der Waals surface area contributed by atoms with Gasteiger partial charge in [0.2, 0.25) is 0 Å². The van der Waals surface area contributed by atoms with Crippen LogP contribution in [-0.2, 0) is 22.3 Å². The van der Waals surface area contributed by atoms with Crippen molar-refractivity contribution in [3.05, 3.63) is 59.7 Å². The van der Waals surface area contributed by atoms with Gasteiger partial charge in [0.15, 0.2) is 0 Å². The van der Waals surface area contributed by atoms with Gasteiger partial charge in [-0.2, -0.15) is 13.2 Å². The number of rotatable bonds is 7. The number of benzene rings is 2. The number of hydrogen-bond donors (Lipinski definition) is 2. The molecule has 0 spiro atoms. The molecule has 8 heteroatoms. The van der Waals surface area contributed by atoms with Gasteiger partial charge in [0.1, 0.15) is 11.9 Å². The summed E-state index contributed by atoms with van der Waals surface area (Å²) in [5.41, 5.74) is 4.22. The van der Waals surface area contributed by atoms with Crippen molar-refractivity contribution in [1.29, 1.82) is 0 Å². The number of anilines is 1. The summed E-state index contributed by atoms with van der Waals surface area (Å²) in [6, 6.07) is 12.0. The molecule has 0 unspecified atom stereocenters. The van der Waals surface area contributed by atoms with E-state index in [1.807, 2.05) is 6.07 Å². The molecule has 0 radical (unpaired) electrons. The lowest BCUT2D eigenvalue weighted by Crippen LogP contribution is -2.38. The summed E-state index contributed by atoms with van der Waals surface area (Å²) in [6.07, 6.45) is -5.39. The van der Waals surface area contributed by atoms with Gasteiger partial charge in [-0.05, 0) is 36.8 Å². The first-order chi connectivity index (χ1) is 12.3. The predicted molar refractivity (Wildman–Crippen MR) is 90.5 cm³/mol. The number of hydrazine groups is 1. The molecule has 0 saturated heterocycles. The van der Waals surface area contributed by atoms with E-state index in [-0.39, 0.29) is 12.3 Å². The van der Waals surface area contributed by atoms with E-state index in [4.69, 9.17) is 9.47 Å². The Morgan fingerprint density at radius 1 is 1.15 bits per heavy atom. The number of amides is 1. The third-order valence-electron chi connectivity index (χ3n) is 3.56. The van der Waals surface area contributed by atoms with E-state index in [0.29, 0.717) is 5.75 Å². The summed E-state index contributed by atoms with van der Waals surface area (Å²) in [7, 11) is 1.54. The molecule has 5 nitrogen and oxygen atoms in total. The Balaban J connectivity index is 1.90. The second-order valence-corrected chi connectivity index (χ2v) is 5.46. The van der Waals surface area contributed by atoms with E-state index in [9.17, 15) is 18.0 Å². The van der Waals surface area contributed by atoms with Crippen LogP contribution in [0.1, 0.15) is 18.1 Å². The largest absolute Gasteiger partial charge is 0.497 e. The van der Waals surface area contributed by atoms with Gasteiger partial charge in [0.05, 0.1) is 25.0 Å². The quantitative estimate of drug-likeness (QED) is 0.731. The molecule has 2 aromatic rings. The van der Waals surface area contributed by atoms with Crippen molar-refractivity contribution in [3.63, 3.8) is 0 Å². The molecule has 0 bridgehead atoms. The van der Waals surface area contributed by atoms with E-state index in [1.54, 1.807) is 25.3 Å². The van der Waals surface area contributed by atoms with Gasteiger partial charge >= 0.3 is 6.18 Å². The molecule has 0 fully saturated rings. The highest BCUT2D eigenvalue weighted by molar-refractivity contribution is 5.81. The van der Waals surface area contributed by atoms with E-state index in [0.717, 1.165) is 11.6 Å². The molecular weight excluding hydrogens is 349 g/mol. The van der Waals surface area contributed by atoms with Crippen LogP contribution in [0, 0.1) is 0 Å². The van der Waals surface area contributed by atoms with Crippen LogP contribution in [0.15, 0.2) is 48.5 Å². The van der Waals surface area contributed by atoms with Crippen LogP contribution in [-0.4, -0.2) is 19.1 Å². The monoisotopic (exact) mass is 368 g/mol. The first-order valence-corrected chi connectivity index (χ1v) is 7.78. The molecule has 26 heavy (non-hydrogen) atoms. The number of halogens is 3. The topological polar surface area (TPSA) is 59.6 Å². The molecule has 0 aliphatic carbocycles. The van der Waals surface area contributed by atoms with Crippen molar-refractivity contribution < 1.29 is 27.4 Å². The van der Waals surface area contributed by atoms with Gasteiger partial charge < -0.3 is 9.47 Å². The number of para-hydroxylation sites is 1. The first kappa shape index (κ1) is 19.6. The minimum Gasteiger partial charge on any atom is -0.497 e. The molecule has 0 aromatic heterocycles. The van der Waals surface area contributed by atoms with E-state index in [1.165, 1.54) is 25.1 Å². The van der Waals surface area contributed by atoms with E-state index < -0.39 is 23.8 Å². The number of alkyl halides is 3. The van der Waals surface area contributed by atoms with Crippen molar-refractivity contribution in [2.75, 3.05) is 12.5 Å². The maximum atomic E-state index is 12.9. The van der Waals surface area contributed by atoms with Crippen molar-refractivity contribution in [1.82, 2.24) is 5.43 Å². The van der Waals surface area contributed by atoms with Crippen LogP contribution in [0.4, 0.5) is 18.9 Å². The van der Waals surface area contributed by atoms with Crippen molar-refractivity contribution in [2.45, 2.75) is 25.8 Å². The van der Waals surface area contributed by atoms with Gasteiger partial charge in [-0.15, -0.1) is 0 Å². The summed E-state index contributed by atoms with van der Waals surface area (Å²) >= 11 is 0. The normalized spacial score (nSPS) is 12.3. The van der Waals surface area contributed by atoms with Crippen LogP contribution < -0.4 is 15.6 Å². The minimum absolute atomic E-state index is 0.158. The highest BCUT2D eigenvalue weighted by Gasteiger charge is 2.33. The number of methoxy groups -OCH3 is 1. The summed E-state index contributed by atoms with van der Waals surface area (Å²) in [4.78, 5) is 12.0. The van der Waals surface area contributed by atoms with Crippen molar-refractivity contribution in [3.8, 4) is 5.75 Å². The van der Waals surface area contributed by atoms with Crippen LogP contribution in [0.5, 0.6) is 5.75 Å². The van der Waals surface area contributed by atoms with Gasteiger partial charge in [-0.25, -0.2) is 0 Å². The number of hydrogen-bond acceptors (Lipinski definition) is 4. The van der Waals surface area contributed by atoms with Crippen molar-refractivity contribution >= 4 is 11.6 Å². The average Bonchev–Trinajstić information content (AvgIpc) is 2.63. The second-order valence-electron chi connectivity index (χ2n) is 5.46. The molecule has 1 atom stereocenters. The third-order valence-corrected chi connectivity index (χ3v) is 3.56. The Bertz CT molecular complexity index is 750. The molecule has 1 amide bonds. The zero-order chi connectivity index (χ0) is 19.2. The zero-order valence-electron chi connectivity index (χ0n) is 14.3. The Morgan fingerprint density at radius 3 is 2.58 bits per heavy atom. The van der Waals surface area contributed by atoms with E-state index in [2.05, 4.69) is 10.9 Å². The SMILES string of the molecule is COc1cccc(CO[C@@H](C)C(=O)NNc2ccccc2C(F)(F)F)c1. The molecular formula is C18H19F3N2O3. The Hall–Kier alpha value is -2.74. The first-order valence-electron chi connectivity index (χ1n) is 7.78. The number of nitrogens with one attached hydrogen (secondary N) is 2. The maximum Gasteiger partial charge on any atom is 0.418 e. The highest BCUT2D eigenvalue weighted by Crippen LogP contribution is 2.34. The van der Waals surface area contributed by atoms with E-state index >= 15 is 0 Å². The predicted octanol–water partition coefficient (Wildman–Crippen LogP) is 3.76. The minimum atomic E-state index is -4.52. The van der Waals surface area contributed by atoms with Crippen molar-refractivity contribution in [2.24, 2.45) is 0 Å². The van der Waals surface area contributed by atoms with Crippen LogP contribution in [0.2, 0.25) is 0 Å². The number of ether oxygens (including phenoxy) is 2. The zero-order valence-corrected chi connectivity index (χ0v) is 14.3. The maximum absolute atomic E-state index is 12.9. The highest BCUT2D eigenvalue weighted by atomic mass is 19.4. The van der Waals surface area contributed by atoms with Gasteiger partial charge in [-0.3, -0.25) is 15.6 Å². The number of carbonyl (C=O) groups is 1. The molecule has 0 heterocycles. The summed E-state index contributed by atoms with van der Waals surface area (Å²) in [5.74, 6) is 0.0681. The average molecular weight is 368 g/mol. The molecule has 2 rings (SSSR count). The van der Waals surface area contributed by atoms with Crippen LogP contribution in [0.25, 0.3) is 0 Å². The number of carbonyl (C=O) groups excluding carboxylic acids is 1. The van der Waals surface area contributed by atoms with Gasteiger partial charge in [0.25, 0.3) is 5.91 Å².